The number of para-hydroxylation sites is 1. The highest BCUT2D eigenvalue weighted by Gasteiger charge is 2.33. The average Bonchev–Trinajstić information content (AvgIpc) is 3.24. The molecule has 0 spiro atoms. The molecule has 1 N–H and O–H groups in total. The van der Waals surface area contributed by atoms with Gasteiger partial charge in [-0.1, -0.05) is 19.1 Å². The van der Waals surface area contributed by atoms with Gasteiger partial charge in [0.1, 0.15) is 5.82 Å². The first-order valence-electron chi connectivity index (χ1n) is 11.7. The molecule has 0 bridgehead atoms. The number of H-pyrrole nitrogens is 1. The smallest absolute Gasteiger partial charge is 0.124 e. The molecule has 0 unspecified atom stereocenters. The van der Waals surface area contributed by atoms with E-state index in [-0.39, 0.29) is 0 Å². The summed E-state index contributed by atoms with van der Waals surface area (Å²) in [6.45, 7) is 6.56. The van der Waals surface area contributed by atoms with Crippen molar-refractivity contribution >= 4 is 16.7 Å². The van der Waals surface area contributed by atoms with Crippen molar-refractivity contribution < 1.29 is 0 Å². The van der Waals surface area contributed by atoms with Crippen molar-refractivity contribution in [3.05, 3.63) is 53.6 Å². The second-order valence-corrected chi connectivity index (χ2v) is 9.11. The SMILES string of the molecule is CCc1cccnc1[C@@H]1CCC[C@H](c2nc3cccc(N4CCN(C)CC4)c3[nH]2)N1C. The molecule has 0 amide bonds. The summed E-state index contributed by atoms with van der Waals surface area (Å²) in [6, 6.07) is 11.5. The van der Waals surface area contributed by atoms with Crippen LogP contribution in [0.3, 0.4) is 0 Å². The summed E-state index contributed by atoms with van der Waals surface area (Å²) in [7, 11) is 4.45. The first kappa shape index (κ1) is 20.5. The molecule has 2 saturated heterocycles. The third kappa shape index (κ3) is 3.83. The highest BCUT2D eigenvalue weighted by atomic mass is 15.3. The number of hydrogen-bond acceptors (Lipinski definition) is 5. The molecule has 5 rings (SSSR count). The predicted molar refractivity (Wildman–Crippen MR) is 127 cm³/mol. The molecule has 3 aromatic rings. The van der Waals surface area contributed by atoms with Crippen LogP contribution < -0.4 is 4.90 Å². The molecule has 2 aromatic heterocycles. The van der Waals surface area contributed by atoms with E-state index in [2.05, 4.69) is 71.0 Å². The molecule has 0 aliphatic carbocycles. The minimum absolute atomic E-state index is 0.290. The Balaban J connectivity index is 1.45. The average molecular weight is 419 g/mol. The van der Waals surface area contributed by atoms with Gasteiger partial charge in [-0.3, -0.25) is 9.88 Å². The Labute approximate surface area is 185 Å². The van der Waals surface area contributed by atoms with Crippen LogP contribution in [0.25, 0.3) is 11.0 Å². The van der Waals surface area contributed by atoms with Crippen molar-refractivity contribution in [1.29, 1.82) is 0 Å². The first-order chi connectivity index (χ1) is 15.2. The number of rotatable bonds is 4. The molecular weight excluding hydrogens is 384 g/mol. The highest BCUT2D eigenvalue weighted by Crippen LogP contribution is 2.40. The van der Waals surface area contributed by atoms with Crippen molar-refractivity contribution in [3.8, 4) is 0 Å². The van der Waals surface area contributed by atoms with Crippen LogP contribution in [0.2, 0.25) is 0 Å². The molecule has 2 atom stereocenters. The van der Waals surface area contributed by atoms with E-state index in [1.807, 2.05) is 6.20 Å². The Morgan fingerprint density at radius 1 is 1.00 bits per heavy atom. The number of aromatic amines is 1. The zero-order valence-corrected chi connectivity index (χ0v) is 19.0. The van der Waals surface area contributed by atoms with Gasteiger partial charge in [0.2, 0.25) is 0 Å². The van der Waals surface area contributed by atoms with Gasteiger partial charge in [-0.25, -0.2) is 4.98 Å². The minimum atomic E-state index is 0.290. The van der Waals surface area contributed by atoms with Crippen LogP contribution in [0.15, 0.2) is 36.5 Å². The quantitative estimate of drug-likeness (QED) is 0.689. The van der Waals surface area contributed by atoms with Crippen LogP contribution in [0.1, 0.15) is 55.4 Å². The Morgan fingerprint density at radius 2 is 1.81 bits per heavy atom. The minimum Gasteiger partial charge on any atom is -0.367 e. The van der Waals surface area contributed by atoms with Gasteiger partial charge in [0, 0.05) is 32.4 Å². The Hall–Kier alpha value is -2.44. The van der Waals surface area contributed by atoms with Crippen LogP contribution >= 0.6 is 0 Å². The number of likely N-dealkylation sites (tertiary alicyclic amines) is 1. The van der Waals surface area contributed by atoms with Crippen LogP contribution in [0.5, 0.6) is 0 Å². The summed E-state index contributed by atoms with van der Waals surface area (Å²) in [5.74, 6) is 1.10. The summed E-state index contributed by atoms with van der Waals surface area (Å²) < 4.78 is 0. The number of piperazine rings is 1. The molecule has 0 saturated carbocycles. The maximum Gasteiger partial charge on any atom is 0.124 e. The fourth-order valence-corrected chi connectivity index (χ4v) is 5.34. The predicted octanol–water partition coefficient (Wildman–Crippen LogP) is 4.17. The molecule has 6 nitrogen and oxygen atoms in total. The fraction of sp³-hybridized carbons (Fsp3) is 0.520. The number of likely N-dealkylation sites (N-methyl/N-ethyl adjacent to an activating group) is 1. The van der Waals surface area contributed by atoms with E-state index < -0.39 is 0 Å². The molecule has 2 aliphatic heterocycles. The maximum absolute atomic E-state index is 5.07. The van der Waals surface area contributed by atoms with E-state index >= 15 is 0 Å². The monoisotopic (exact) mass is 418 g/mol. The number of pyridine rings is 1. The van der Waals surface area contributed by atoms with Gasteiger partial charge in [0.25, 0.3) is 0 Å². The molecule has 0 radical (unpaired) electrons. The van der Waals surface area contributed by atoms with Gasteiger partial charge >= 0.3 is 0 Å². The summed E-state index contributed by atoms with van der Waals surface area (Å²) in [5.41, 5.74) is 6.16. The van der Waals surface area contributed by atoms with Gasteiger partial charge in [-0.2, -0.15) is 0 Å². The lowest BCUT2D eigenvalue weighted by Crippen LogP contribution is -2.44. The maximum atomic E-state index is 5.07. The Morgan fingerprint density at radius 3 is 2.61 bits per heavy atom. The van der Waals surface area contributed by atoms with Crippen LogP contribution in [-0.4, -0.2) is 65.0 Å². The zero-order chi connectivity index (χ0) is 21.4. The van der Waals surface area contributed by atoms with E-state index in [0.29, 0.717) is 12.1 Å². The second kappa shape index (κ2) is 8.60. The topological polar surface area (TPSA) is 51.3 Å². The van der Waals surface area contributed by atoms with Crippen LogP contribution in [-0.2, 0) is 6.42 Å². The molecule has 4 heterocycles. The zero-order valence-electron chi connectivity index (χ0n) is 19.0. The molecular formula is C25H34N6. The normalized spacial score (nSPS) is 23.5. The number of nitrogens with zero attached hydrogens (tertiary/aromatic N) is 5. The van der Waals surface area contributed by atoms with Gasteiger partial charge in [-0.15, -0.1) is 0 Å². The lowest BCUT2D eigenvalue weighted by atomic mass is 9.91. The van der Waals surface area contributed by atoms with Crippen molar-refractivity contribution in [1.82, 2.24) is 24.8 Å². The van der Waals surface area contributed by atoms with Gasteiger partial charge in [0.05, 0.1) is 34.5 Å². The van der Waals surface area contributed by atoms with Gasteiger partial charge in [-0.05, 0) is 63.5 Å². The van der Waals surface area contributed by atoms with E-state index in [9.17, 15) is 0 Å². The lowest BCUT2D eigenvalue weighted by molar-refractivity contribution is 0.106. The van der Waals surface area contributed by atoms with Crippen LogP contribution in [0, 0.1) is 0 Å². The highest BCUT2D eigenvalue weighted by molar-refractivity contribution is 5.89. The Kier molecular flexibility index (Phi) is 5.67. The van der Waals surface area contributed by atoms with Crippen molar-refractivity contribution in [3.63, 3.8) is 0 Å². The molecule has 2 aliphatic rings. The van der Waals surface area contributed by atoms with E-state index in [4.69, 9.17) is 9.97 Å². The number of nitrogens with one attached hydrogen (secondary N) is 1. The number of hydrogen-bond donors (Lipinski definition) is 1. The summed E-state index contributed by atoms with van der Waals surface area (Å²) in [5, 5.41) is 0. The molecule has 31 heavy (non-hydrogen) atoms. The molecule has 2 fully saturated rings. The molecule has 164 valence electrons. The number of fused-ring (bicyclic) bond motifs is 1. The lowest BCUT2D eigenvalue weighted by Gasteiger charge is -2.39. The van der Waals surface area contributed by atoms with E-state index in [1.54, 1.807) is 0 Å². The summed E-state index contributed by atoms with van der Waals surface area (Å²) >= 11 is 0. The van der Waals surface area contributed by atoms with Crippen LogP contribution in [0.4, 0.5) is 5.69 Å². The van der Waals surface area contributed by atoms with Gasteiger partial charge in [0.15, 0.2) is 0 Å². The number of imidazole rings is 1. The second-order valence-electron chi connectivity index (χ2n) is 9.11. The van der Waals surface area contributed by atoms with Crippen molar-refractivity contribution in [2.45, 2.75) is 44.7 Å². The molecule has 6 heteroatoms. The molecule has 1 aromatic carbocycles. The van der Waals surface area contributed by atoms with Gasteiger partial charge < -0.3 is 14.8 Å². The number of aryl methyl sites for hydroxylation is 1. The number of aromatic nitrogens is 3. The number of piperidine rings is 1. The van der Waals surface area contributed by atoms with Crippen molar-refractivity contribution in [2.24, 2.45) is 0 Å². The third-order valence-corrected chi connectivity index (χ3v) is 7.24. The summed E-state index contributed by atoms with van der Waals surface area (Å²) in [6.07, 6.45) is 6.45. The Bertz CT molecular complexity index is 1040. The first-order valence-corrected chi connectivity index (χ1v) is 11.7. The largest absolute Gasteiger partial charge is 0.367 e. The fourth-order valence-electron chi connectivity index (χ4n) is 5.34. The van der Waals surface area contributed by atoms with E-state index in [0.717, 1.165) is 56.8 Å². The number of anilines is 1. The third-order valence-electron chi connectivity index (χ3n) is 7.24. The van der Waals surface area contributed by atoms with E-state index in [1.165, 1.54) is 28.9 Å². The summed E-state index contributed by atoms with van der Waals surface area (Å²) in [4.78, 5) is 21.0. The number of benzene rings is 1. The standard InChI is InChI=1S/C25H34N6/c1-4-18-8-7-13-26-23(18)20-10-6-12-22(30(20)3)25-27-19-9-5-11-21(24(19)28-25)31-16-14-29(2)15-17-31/h5,7-9,11,13,20,22H,4,6,10,12,14-17H2,1-3H3,(H,27,28)/t20-,22+/m0/s1. The van der Waals surface area contributed by atoms with Crippen molar-refractivity contribution in [2.75, 3.05) is 45.2 Å².